The van der Waals surface area contributed by atoms with Crippen LogP contribution in [-0.4, -0.2) is 51.1 Å². The maximum absolute atomic E-state index is 14.0. The average Bonchev–Trinajstić information content (AvgIpc) is 3.17. The number of nitrogens with one attached hydrogen (secondary N) is 2. The van der Waals surface area contributed by atoms with Gasteiger partial charge < -0.3 is 21.1 Å². The Labute approximate surface area is 248 Å². The number of carboxylic acids is 1. The molecule has 4 amide bonds. The molecule has 43 heavy (non-hydrogen) atoms. The second-order valence-corrected chi connectivity index (χ2v) is 10.6. The van der Waals surface area contributed by atoms with Crippen LogP contribution in [0.2, 0.25) is 0 Å². The molecule has 1 saturated heterocycles. The molecule has 5 N–H and O–H groups in total. The minimum Gasteiger partial charge on any atom is -0.481 e. The van der Waals surface area contributed by atoms with E-state index in [1.807, 2.05) is 60.7 Å². The van der Waals surface area contributed by atoms with Crippen molar-refractivity contribution < 1.29 is 24.3 Å². The van der Waals surface area contributed by atoms with Crippen LogP contribution >= 0.6 is 0 Å². The van der Waals surface area contributed by atoms with Crippen molar-refractivity contribution in [1.29, 1.82) is 5.41 Å². The van der Waals surface area contributed by atoms with Crippen molar-refractivity contribution in [2.24, 2.45) is 5.73 Å². The van der Waals surface area contributed by atoms with Gasteiger partial charge in [-0.2, -0.15) is 0 Å². The topological polar surface area (TPSA) is 157 Å². The number of amides is 4. The molecular formula is C33H31N5O5. The Kier molecular flexibility index (Phi) is 7.94. The minimum absolute atomic E-state index is 0.103. The SMILES string of the molecule is CC1(c2ccc(C(=N)N)cc2)C(=O)N(CC(=O)NC(CC(=O)O)c2cccc3ccccc23)C(=O)N1Cc1ccccc1. The summed E-state index contributed by atoms with van der Waals surface area (Å²) in [6.45, 7) is 1.14. The second-order valence-electron chi connectivity index (χ2n) is 10.6. The van der Waals surface area contributed by atoms with Crippen molar-refractivity contribution in [3.8, 4) is 0 Å². The number of rotatable bonds is 10. The van der Waals surface area contributed by atoms with Crippen molar-refractivity contribution in [3.05, 3.63) is 119 Å². The van der Waals surface area contributed by atoms with E-state index in [0.29, 0.717) is 16.7 Å². The molecule has 218 valence electrons. The van der Waals surface area contributed by atoms with Gasteiger partial charge in [-0.3, -0.25) is 24.7 Å². The van der Waals surface area contributed by atoms with E-state index < -0.39 is 41.9 Å². The molecule has 1 aliphatic heterocycles. The molecule has 0 aromatic heterocycles. The number of hydrogen-bond donors (Lipinski definition) is 4. The molecule has 0 aliphatic carbocycles. The number of carboxylic acid groups (broad SMARTS) is 1. The summed E-state index contributed by atoms with van der Waals surface area (Å²) >= 11 is 0. The number of aliphatic carboxylic acids is 1. The molecule has 2 atom stereocenters. The van der Waals surface area contributed by atoms with Gasteiger partial charge in [-0.15, -0.1) is 0 Å². The molecule has 4 aromatic carbocycles. The van der Waals surface area contributed by atoms with Gasteiger partial charge in [0.2, 0.25) is 5.91 Å². The number of carbonyl (C=O) groups is 4. The van der Waals surface area contributed by atoms with Crippen LogP contribution in [-0.2, 0) is 26.5 Å². The number of nitrogens with zero attached hydrogens (tertiary/aromatic N) is 2. The summed E-state index contributed by atoms with van der Waals surface area (Å²) in [5.41, 5.74) is 6.52. The monoisotopic (exact) mass is 577 g/mol. The third kappa shape index (κ3) is 5.67. The van der Waals surface area contributed by atoms with E-state index in [4.69, 9.17) is 11.1 Å². The van der Waals surface area contributed by atoms with Crippen molar-refractivity contribution >= 4 is 40.4 Å². The Hall–Kier alpha value is -5.51. The highest BCUT2D eigenvalue weighted by atomic mass is 16.4. The summed E-state index contributed by atoms with van der Waals surface area (Å²) in [5, 5.41) is 21.8. The first kappa shape index (κ1) is 29.0. The van der Waals surface area contributed by atoms with Crippen LogP contribution < -0.4 is 11.1 Å². The van der Waals surface area contributed by atoms with Crippen LogP contribution in [0, 0.1) is 5.41 Å². The zero-order chi connectivity index (χ0) is 30.7. The molecule has 10 nitrogen and oxygen atoms in total. The van der Waals surface area contributed by atoms with Crippen LogP contribution in [0.1, 0.15) is 41.6 Å². The lowest BCUT2D eigenvalue weighted by molar-refractivity contribution is -0.139. The zero-order valence-corrected chi connectivity index (χ0v) is 23.5. The lowest BCUT2D eigenvalue weighted by Gasteiger charge is -2.32. The first-order valence-corrected chi connectivity index (χ1v) is 13.7. The van der Waals surface area contributed by atoms with Gasteiger partial charge in [0.1, 0.15) is 17.9 Å². The Morgan fingerprint density at radius 2 is 1.58 bits per heavy atom. The Bertz CT molecular complexity index is 1720. The maximum Gasteiger partial charge on any atom is 0.328 e. The van der Waals surface area contributed by atoms with Gasteiger partial charge in [-0.25, -0.2) is 4.79 Å². The quantitative estimate of drug-likeness (QED) is 0.126. The molecule has 5 rings (SSSR count). The fourth-order valence-corrected chi connectivity index (χ4v) is 5.54. The zero-order valence-electron chi connectivity index (χ0n) is 23.5. The van der Waals surface area contributed by atoms with Gasteiger partial charge in [0.15, 0.2) is 0 Å². The number of urea groups is 1. The molecule has 4 aromatic rings. The Morgan fingerprint density at radius 1 is 0.930 bits per heavy atom. The van der Waals surface area contributed by atoms with Crippen molar-refractivity contribution in [3.63, 3.8) is 0 Å². The van der Waals surface area contributed by atoms with Crippen LogP contribution in [0.4, 0.5) is 4.79 Å². The smallest absolute Gasteiger partial charge is 0.328 e. The number of carbonyl (C=O) groups excluding carboxylic acids is 3. The van der Waals surface area contributed by atoms with Crippen LogP contribution in [0.3, 0.4) is 0 Å². The Morgan fingerprint density at radius 3 is 2.26 bits per heavy atom. The molecule has 2 unspecified atom stereocenters. The van der Waals surface area contributed by atoms with Crippen molar-refractivity contribution in [2.45, 2.75) is 31.5 Å². The fraction of sp³-hybridized carbons (Fsp3) is 0.182. The lowest BCUT2D eigenvalue weighted by Crippen LogP contribution is -2.44. The minimum atomic E-state index is -1.46. The molecule has 1 fully saturated rings. The molecule has 10 heteroatoms. The molecule has 0 bridgehead atoms. The van der Waals surface area contributed by atoms with E-state index in [-0.39, 0.29) is 18.8 Å². The van der Waals surface area contributed by atoms with Gasteiger partial charge >= 0.3 is 12.0 Å². The summed E-state index contributed by atoms with van der Waals surface area (Å²) in [4.78, 5) is 55.4. The predicted octanol–water partition coefficient (Wildman–Crippen LogP) is 4.14. The van der Waals surface area contributed by atoms with Crippen molar-refractivity contribution in [1.82, 2.24) is 15.1 Å². The predicted molar refractivity (Wildman–Crippen MR) is 161 cm³/mol. The molecule has 0 saturated carbocycles. The largest absolute Gasteiger partial charge is 0.481 e. The normalized spacial score (nSPS) is 17.2. The third-order valence-electron chi connectivity index (χ3n) is 7.82. The van der Waals surface area contributed by atoms with Gasteiger partial charge in [-0.1, -0.05) is 97.1 Å². The van der Waals surface area contributed by atoms with E-state index in [1.165, 1.54) is 4.90 Å². The van der Waals surface area contributed by atoms with Crippen LogP contribution in [0.5, 0.6) is 0 Å². The van der Waals surface area contributed by atoms with Gasteiger partial charge in [-0.05, 0) is 34.4 Å². The highest BCUT2D eigenvalue weighted by Gasteiger charge is 2.55. The number of imide groups is 1. The molecule has 1 heterocycles. The average molecular weight is 578 g/mol. The summed E-state index contributed by atoms with van der Waals surface area (Å²) in [7, 11) is 0. The summed E-state index contributed by atoms with van der Waals surface area (Å²) < 4.78 is 0. The van der Waals surface area contributed by atoms with E-state index in [9.17, 15) is 24.3 Å². The fourth-order valence-electron chi connectivity index (χ4n) is 5.54. The van der Waals surface area contributed by atoms with E-state index in [0.717, 1.165) is 21.2 Å². The number of fused-ring (bicyclic) bond motifs is 1. The lowest BCUT2D eigenvalue weighted by atomic mass is 9.89. The number of hydrogen-bond acceptors (Lipinski definition) is 5. The summed E-state index contributed by atoms with van der Waals surface area (Å²) in [5.74, 6) is -2.51. The van der Waals surface area contributed by atoms with E-state index in [1.54, 1.807) is 43.3 Å². The van der Waals surface area contributed by atoms with E-state index in [2.05, 4.69) is 5.32 Å². The third-order valence-corrected chi connectivity index (χ3v) is 7.82. The standard InChI is InChI=1S/C33H31N5O5/c1-33(24-16-14-23(15-17-24)30(34)35)31(42)37(32(43)38(33)19-21-8-3-2-4-9-21)20-28(39)36-27(18-29(40)41)26-13-7-11-22-10-5-6-12-25(22)26/h2-17,27H,18-20H2,1H3,(H3,34,35)(H,36,39)(H,40,41). The summed E-state index contributed by atoms with van der Waals surface area (Å²) in [6.07, 6.45) is -0.387. The number of nitrogen functional groups attached to an aromatic ring is 1. The molecule has 0 radical (unpaired) electrons. The van der Waals surface area contributed by atoms with Gasteiger partial charge in [0.25, 0.3) is 5.91 Å². The maximum atomic E-state index is 14.0. The summed E-state index contributed by atoms with van der Waals surface area (Å²) in [6, 6.07) is 27.0. The molecule has 0 spiro atoms. The van der Waals surface area contributed by atoms with Crippen LogP contribution in [0.25, 0.3) is 10.8 Å². The first-order valence-electron chi connectivity index (χ1n) is 13.7. The number of amidine groups is 1. The highest BCUT2D eigenvalue weighted by Crippen LogP contribution is 2.38. The molecular weight excluding hydrogens is 546 g/mol. The van der Waals surface area contributed by atoms with Crippen LogP contribution in [0.15, 0.2) is 97.1 Å². The number of benzene rings is 4. The number of nitrogens with two attached hydrogens (primary N) is 1. The molecule has 1 aliphatic rings. The van der Waals surface area contributed by atoms with Crippen molar-refractivity contribution in [2.75, 3.05) is 6.54 Å². The first-order chi connectivity index (χ1) is 20.6. The second kappa shape index (κ2) is 11.8. The highest BCUT2D eigenvalue weighted by molar-refractivity contribution is 6.09. The Balaban J connectivity index is 1.45. The van der Waals surface area contributed by atoms with Gasteiger partial charge in [0.05, 0.1) is 12.5 Å². The van der Waals surface area contributed by atoms with Gasteiger partial charge in [0, 0.05) is 12.1 Å². The van der Waals surface area contributed by atoms with E-state index >= 15 is 0 Å².